The Morgan fingerprint density at radius 2 is 2.38 bits per heavy atom. The van der Waals surface area contributed by atoms with Gasteiger partial charge in [0, 0.05) is 25.6 Å². The van der Waals surface area contributed by atoms with Crippen LogP contribution in [0.15, 0.2) is 10.5 Å². The molecule has 0 saturated carbocycles. The van der Waals surface area contributed by atoms with Gasteiger partial charge in [-0.05, 0) is 13.8 Å². The van der Waals surface area contributed by atoms with E-state index in [-0.39, 0.29) is 23.4 Å². The molecule has 1 aromatic heterocycles. The molecule has 6 nitrogen and oxygen atoms in total. The Labute approximate surface area is 123 Å². The van der Waals surface area contributed by atoms with E-state index in [1.165, 1.54) is 6.07 Å². The van der Waals surface area contributed by atoms with Crippen molar-refractivity contribution in [2.24, 2.45) is 0 Å². The molecule has 1 aromatic rings. The van der Waals surface area contributed by atoms with Crippen LogP contribution in [0.1, 0.15) is 35.2 Å². The summed E-state index contributed by atoms with van der Waals surface area (Å²) >= 11 is 0. The highest BCUT2D eigenvalue weighted by Crippen LogP contribution is 2.31. The molecule has 2 saturated heterocycles. The summed E-state index contributed by atoms with van der Waals surface area (Å²) in [5, 5.41) is 8.87. The summed E-state index contributed by atoms with van der Waals surface area (Å²) in [5.41, 5.74) is 0.0676. The average molecular weight is 290 g/mol. The minimum atomic E-state index is -0.386. The van der Waals surface area contributed by atoms with Crippen molar-refractivity contribution in [3.63, 3.8) is 0 Å². The van der Waals surface area contributed by atoms with E-state index < -0.39 is 0 Å². The van der Waals surface area contributed by atoms with Crippen molar-refractivity contribution in [3.8, 4) is 6.07 Å². The van der Waals surface area contributed by atoms with E-state index >= 15 is 0 Å². The van der Waals surface area contributed by atoms with Gasteiger partial charge in [0.05, 0.1) is 24.8 Å². The fourth-order valence-electron chi connectivity index (χ4n) is 3.10. The molecule has 2 fully saturated rings. The Morgan fingerprint density at radius 3 is 3.00 bits per heavy atom. The van der Waals surface area contributed by atoms with Gasteiger partial charge in [0.25, 0.3) is 5.91 Å². The second kappa shape index (κ2) is 5.17. The minimum Gasteiger partial charge on any atom is -0.450 e. The molecule has 1 amide bonds. The van der Waals surface area contributed by atoms with Crippen LogP contribution in [0.25, 0.3) is 0 Å². The number of furan rings is 1. The lowest BCUT2D eigenvalue weighted by Gasteiger charge is -2.42. The molecule has 0 radical (unpaired) electrons. The normalized spacial score (nSPS) is 28.8. The molecule has 2 aliphatic heterocycles. The van der Waals surface area contributed by atoms with Crippen LogP contribution in [-0.4, -0.2) is 48.8 Å². The Kier molecular flexibility index (Phi) is 3.47. The summed E-state index contributed by atoms with van der Waals surface area (Å²) in [6.45, 7) is 5.90. The summed E-state index contributed by atoms with van der Waals surface area (Å²) in [6, 6.07) is 3.43. The third-order valence-corrected chi connectivity index (χ3v) is 4.02. The first kappa shape index (κ1) is 14.1. The molecular weight excluding hydrogens is 272 g/mol. The van der Waals surface area contributed by atoms with Gasteiger partial charge in [0.2, 0.25) is 5.76 Å². The second-order valence-corrected chi connectivity index (χ2v) is 5.79. The fourth-order valence-corrected chi connectivity index (χ4v) is 3.10. The molecule has 3 rings (SSSR count). The van der Waals surface area contributed by atoms with Crippen molar-refractivity contribution < 1.29 is 18.7 Å². The van der Waals surface area contributed by atoms with E-state index in [0.717, 1.165) is 6.42 Å². The molecule has 2 atom stereocenters. The van der Waals surface area contributed by atoms with Crippen LogP contribution in [-0.2, 0) is 9.47 Å². The lowest BCUT2D eigenvalue weighted by molar-refractivity contribution is -0.138. The number of rotatable bonds is 1. The van der Waals surface area contributed by atoms with Gasteiger partial charge >= 0.3 is 0 Å². The lowest BCUT2D eigenvalue weighted by atomic mass is 9.98. The molecule has 2 aliphatic rings. The number of aryl methyl sites for hydroxylation is 1. The number of ether oxygens (including phenoxy) is 2. The van der Waals surface area contributed by atoms with Crippen LogP contribution in [0.2, 0.25) is 0 Å². The van der Waals surface area contributed by atoms with E-state index in [1.54, 1.807) is 11.8 Å². The third-order valence-electron chi connectivity index (χ3n) is 4.02. The highest BCUT2D eigenvalue weighted by atomic mass is 16.6. The zero-order chi connectivity index (χ0) is 15.0. The van der Waals surface area contributed by atoms with Gasteiger partial charge in [0.15, 0.2) is 0 Å². The van der Waals surface area contributed by atoms with Gasteiger partial charge < -0.3 is 18.8 Å². The SMILES string of the molecule is Cc1oc(C#N)cc1C(=O)N1C[C@H](C)O[C@]2(CCOC2)C1. The van der Waals surface area contributed by atoms with Gasteiger partial charge in [-0.3, -0.25) is 4.79 Å². The van der Waals surface area contributed by atoms with Crippen molar-refractivity contribution >= 4 is 5.91 Å². The smallest absolute Gasteiger partial charge is 0.257 e. The Hall–Kier alpha value is -1.84. The molecule has 0 N–H and O–H groups in total. The van der Waals surface area contributed by atoms with E-state index in [4.69, 9.17) is 19.2 Å². The Bertz CT molecular complexity index is 595. The van der Waals surface area contributed by atoms with Gasteiger partial charge in [-0.15, -0.1) is 0 Å². The number of nitrogens with zero attached hydrogens (tertiary/aromatic N) is 2. The van der Waals surface area contributed by atoms with Crippen LogP contribution < -0.4 is 0 Å². The number of morpholine rings is 1. The minimum absolute atomic E-state index is 0.0351. The maximum absolute atomic E-state index is 12.7. The van der Waals surface area contributed by atoms with Crippen molar-refractivity contribution in [2.45, 2.75) is 32.0 Å². The lowest BCUT2D eigenvalue weighted by Crippen LogP contribution is -2.57. The summed E-state index contributed by atoms with van der Waals surface area (Å²) in [6.07, 6.45) is 0.765. The van der Waals surface area contributed by atoms with Crippen molar-refractivity contribution in [2.75, 3.05) is 26.3 Å². The maximum atomic E-state index is 12.7. The molecule has 6 heteroatoms. The summed E-state index contributed by atoms with van der Waals surface area (Å²) in [7, 11) is 0. The Balaban J connectivity index is 1.83. The largest absolute Gasteiger partial charge is 0.450 e. The highest BCUT2D eigenvalue weighted by Gasteiger charge is 2.44. The second-order valence-electron chi connectivity index (χ2n) is 5.79. The zero-order valence-electron chi connectivity index (χ0n) is 12.2. The van der Waals surface area contributed by atoms with Gasteiger partial charge in [0.1, 0.15) is 17.4 Å². The number of carbonyl (C=O) groups is 1. The van der Waals surface area contributed by atoms with Crippen LogP contribution in [0.3, 0.4) is 0 Å². The van der Waals surface area contributed by atoms with Crippen molar-refractivity contribution in [1.29, 1.82) is 5.26 Å². The first-order chi connectivity index (χ1) is 10.0. The van der Waals surface area contributed by atoms with Gasteiger partial charge in [-0.25, -0.2) is 0 Å². The van der Waals surface area contributed by atoms with Crippen molar-refractivity contribution in [1.82, 2.24) is 4.90 Å². The third kappa shape index (κ3) is 2.55. The zero-order valence-corrected chi connectivity index (χ0v) is 12.2. The predicted octanol–water partition coefficient (Wildman–Crippen LogP) is 1.48. The van der Waals surface area contributed by atoms with Crippen LogP contribution in [0.5, 0.6) is 0 Å². The van der Waals surface area contributed by atoms with Crippen LogP contribution in [0.4, 0.5) is 0 Å². The molecule has 0 aliphatic carbocycles. The summed E-state index contributed by atoms with van der Waals surface area (Å²) < 4.78 is 16.7. The Morgan fingerprint density at radius 1 is 1.57 bits per heavy atom. The molecule has 1 spiro atoms. The standard InChI is InChI=1S/C15H18N2O4/c1-10-7-17(8-15(21-10)3-4-19-9-15)14(18)13-5-12(6-16)20-11(13)2/h5,10H,3-4,7-9H2,1-2H3/t10-,15+/m0/s1. The first-order valence-electron chi connectivity index (χ1n) is 7.08. The van der Waals surface area contributed by atoms with E-state index in [1.807, 2.05) is 13.0 Å². The van der Waals surface area contributed by atoms with Gasteiger partial charge in [-0.2, -0.15) is 5.26 Å². The number of hydrogen-bond acceptors (Lipinski definition) is 5. The highest BCUT2D eigenvalue weighted by molar-refractivity contribution is 5.95. The predicted molar refractivity (Wildman–Crippen MR) is 72.8 cm³/mol. The maximum Gasteiger partial charge on any atom is 0.257 e. The summed E-state index contributed by atoms with van der Waals surface area (Å²) in [5.74, 6) is 0.530. The molecule has 0 bridgehead atoms. The van der Waals surface area contributed by atoms with Crippen LogP contribution in [0, 0.1) is 18.3 Å². The van der Waals surface area contributed by atoms with Gasteiger partial charge in [-0.1, -0.05) is 0 Å². The topological polar surface area (TPSA) is 75.7 Å². The van der Waals surface area contributed by atoms with Crippen molar-refractivity contribution in [3.05, 3.63) is 23.2 Å². The fraction of sp³-hybridized carbons (Fsp3) is 0.600. The summed E-state index contributed by atoms with van der Waals surface area (Å²) in [4.78, 5) is 14.5. The van der Waals surface area contributed by atoms with E-state index in [2.05, 4.69) is 0 Å². The molecule has 112 valence electrons. The molecule has 0 aromatic carbocycles. The molecule has 0 unspecified atom stereocenters. The number of carbonyl (C=O) groups excluding carboxylic acids is 1. The van der Waals surface area contributed by atoms with Crippen LogP contribution >= 0.6 is 0 Å². The van der Waals surface area contributed by atoms with E-state index in [0.29, 0.717) is 37.6 Å². The van der Waals surface area contributed by atoms with E-state index in [9.17, 15) is 4.79 Å². The molecular formula is C15H18N2O4. The number of hydrogen-bond donors (Lipinski definition) is 0. The number of nitriles is 1. The quantitative estimate of drug-likeness (QED) is 0.783. The first-order valence-corrected chi connectivity index (χ1v) is 7.08. The molecule has 21 heavy (non-hydrogen) atoms. The monoisotopic (exact) mass is 290 g/mol. The molecule has 3 heterocycles. The number of amides is 1. The average Bonchev–Trinajstić information content (AvgIpc) is 3.04.